The summed E-state index contributed by atoms with van der Waals surface area (Å²) >= 11 is 3.67. The zero-order chi connectivity index (χ0) is 9.42. The molecule has 1 aromatic carbocycles. The van der Waals surface area contributed by atoms with Gasteiger partial charge < -0.3 is 0 Å². The number of carbonyl (C=O) groups is 1. The average Bonchev–Trinajstić information content (AvgIpc) is 2.45. The van der Waals surface area contributed by atoms with Gasteiger partial charge in [0.15, 0.2) is 0 Å². The van der Waals surface area contributed by atoms with Crippen molar-refractivity contribution in [2.75, 3.05) is 0 Å². The van der Waals surface area contributed by atoms with Gasteiger partial charge in [-0.25, -0.2) is 0 Å². The van der Waals surface area contributed by atoms with E-state index < -0.39 is 0 Å². The first-order chi connectivity index (χ1) is 6.20. The number of hydrogen-bond acceptors (Lipinski definition) is 1. The second-order valence-electron chi connectivity index (χ2n) is 2.80. The predicted molar refractivity (Wildman–Crippen MR) is 58.6 cm³/mol. The molecule has 0 radical (unpaired) electrons. The predicted octanol–water partition coefficient (Wildman–Crippen LogP) is 2.86. The molecule has 3 heteroatoms. The van der Waals surface area contributed by atoms with Crippen LogP contribution in [-0.2, 0) is 0 Å². The van der Waals surface area contributed by atoms with E-state index in [4.69, 9.17) is 0 Å². The summed E-state index contributed by atoms with van der Waals surface area (Å²) in [5.41, 5.74) is 0. The van der Waals surface area contributed by atoms with Gasteiger partial charge in [0.2, 0.25) is 0 Å². The molecule has 1 heterocycles. The monoisotopic (exact) mass is 302 g/mol. The van der Waals surface area contributed by atoms with Crippen molar-refractivity contribution < 1.29 is 4.79 Å². The van der Waals surface area contributed by atoms with Gasteiger partial charge in [0.1, 0.15) is 0 Å². The first-order valence-electron chi connectivity index (χ1n) is 3.88. The Morgan fingerprint density at radius 2 is 2.08 bits per heavy atom. The molecule has 0 amide bonds. The zero-order valence-electron chi connectivity index (χ0n) is 7.00. The van der Waals surface area contributed by atoms with Crippen molar-refractivity contribution in [3.05, 3.63) is 33.2 Å². The number of Topliss-reactive ketones (excluding diaryl/α,β-unsaturated/α-hetero) is 1. The van der Waals surface area contributed by atoms with Crippen LogP contribution in [0.5, 0.6) is 0 Å². The topological polar surface area (TPSA) is 17.1 Å². The van der Waals surface area contributed by atoms with E-state index in [1.165, 1.54) is 9.65 Å². The molecule has 0 unspecified atom stereocenters. The zero-order valence-corrected chi connectivity index (χ0v) is 10.3. The molecule has 0 atom stereocenters. The SMILES string of the molecule is CC(=O)c1[se]c2ccccc2c1Br. The van der Waals surface area contributed by atoms with Crippen LogP contribution in [0.25, 0.3) is 9.65 Å². The number of ketones is 1. The van der Waals surface area contributed by atoms with Crippen molar-refractivity contribution in [3.63, 3.8) is 0 Å². The summed E-state index contributed by atoms with van der Waals surface area (Å²) in [6.45, 7) is 1.63. The fraction of sp³-hybridized carbons (Fsp3) is 0.100. The number of carbonyl (C=O) groups excluding carboxylic acids is 1. The third-order valence-electron chi connectivity index (χ3n) is 1.85. The van der Waals surface area contributed by atoms with Crippen LogP contribution in [0.1, 0.15) is 16.2 Å². The van der Waals surface area contributed by atoms with Gasteiger partial charge in [-0.15, -0.1) is 0 Å². The van der Waals surface area contributed by atoms with E-state index in [1.807, 2.05) is 12.1 Å². The number of benzene rings is 1. The summed E-state index contributed by atoms with van der Waals surface area (Å²) in [6, 6.07) is 8.16. The molecule has 0 N–H and O–H groups in total. The Morgan fingerprint density at radius 3 is 2.69 bits per heavy atom. The Morgan fingerprint density at radius 1 is 1.38 bits per heavy atom. The second-order valence-corrected chi connectivity index (χ2v) is 5.80. The van der Waals surface area contributed by atoms with Crippen LogP contribution in [0.3, 0.4) is 0 Å². The van der Waals surface area contributed by atoms with Crippen molar-refractivity contribution >= 4 is 45.9 Å². The third-order valence-corrected chi connectivity index (χ3v) is 5.94. The number of fused-ring (bicyclic) bond motifs is 1. The van der Waals surface area contributed by atoms with Crippen LogP contribution >= 0.6 is 15.9 Å². The van der Waals surface area contributed by atoms with Crippen molar-refractivity contribution in [3.8, 4) is 0 Å². The van der Waals surface area contributed by atoms with Crippen molar-refractivity contribution in [1.82, 2.24) is 0 Å². The van der Waals surface area contributed by atoms with Crippen molar-refractivity contribution in [2.45, 2.75) is 6.92 Å². The third kappa shape index (κ3) is 1.52. The summed E-state index contributed by atoms with van der Waals surface area (Å²) in [6.07, 6.45) is 0. The minimum atomic E-state index is 0.183. The van der Waals surface area contributed by atoms with Gasteiger partial charge in [-0.1, -0.05) is 0 Å². The fourth-order valence-electron chi connectivity index (χ4n) is 1.24. The standard InChI is InChI=1S/C10H7BrOSe/c1-6(12)10-9(11)7-4-2-3-5-8(7)13-10/h2-5H,1H3. The molecular weight excluding hydrogens is 295 g/mol. The maximum atomic E-state index is 11.3. The van der Waals surface area contributed by atoms with Gasteiger partial charge >= 0.3 is 90.8 Å². The number of hydrogen-bond donors (Lipinski definition) is 0. The van der Waals surface area contributed by atoms with Crippen LogP contribution < -0.4 is 0 Å². The molecule has 0 bridgehead atoms. The molecule has 2 aromatic rings. The fourth-order valence-corrected chi connectivity index (χ4v) is 4.66. The summed E-state index contributed by atoms with van der Waals surface area (Å²) < 4.78 is 3.25. The normalized spacial score (nSPS) is 10.6. The van der Waals surface area contributed by atoms with E-state index >= 15 is 0 Å². The van der Waals surface area contributed by atoms with Crippen molar-refractivity contribution in [2.24, 2.45) is 0 Å². The first-order valence-corrected chi connectivity index (χ1v) is 6.38. The van der Waals surface area contributed by atoms with Gasteiger partial charge in [-0.3, -0.25) is 0 Å². The second kappa shape index (κ2) is 3.41. The van der Waals surface area contributed by atoms with Gasteiger partial charge in [0.05, 0.1) is 0 Å². The Balaban J connectivity index is 2.81. The van der Waals surface area contributed by atoms with E-state index in [1.54, 1.807) is 6.92 Å². The molecule has 1 aromatic heterocycles. The number of halogens is 1. The molecule has 2 rings (SSSR count). The number of rotatable bonds is 1. The minimum absolute atomic E-state index is 0.183. The summed E-state index contributed by atoms with van der Waals surface area (Å²) in [5, 5.41) is 1.19. The first kappa shape index (κ1) is 9.19. The van der Waals surface area contributed by atoms with E-state index in [9.17, 15) is 4.79 Å². The van der Waals surface area contributed by atoms with E-state index in [-0.39, 0.29) is 20.3 Å². The van der Waals surface area contributed by atoms with E-state index in [2.05, 4.69) is 28.1 Å². The summed E-state index contributed by atoms with van der Waals surface area (Å²) in [7, 11) is 0. The molecule has 0 aliphatic carbocycles. The Bertz CT molecular complexity index is 473. The van der Waals surface area contributed by atoms with E-state index in [0.717, 1.165) is 8.91 Å². The Hall–Kier alpha value is -0.371. The van der Waals surface area contributed by atoms with Gasteiger partial charge in [-0.05, 0) is 0 Å². The molecule has 0 aliphatic heterocycles. The molecule has 0 aliphatic rings. The van der Waals surface area contributed by atoms with Crippen LogP contribution in [0.4, 0.5) is 0 Å². The van der Waals surface area contributed by atoms with Crippen LogP contribution in [0.2, 0.25) is 0 Å². The molecule has 0 saturated heterocycles. The quantitative estimate of drug-likeness (QED) is 0.585. The summed E-state index contributed by atoms with van der Waals surface area (Å²) in [5.74, 6) is 0.183. The van der Waals surface area contributed by atoms with Crippen molar-refractivity contribution in [1.29, 1.82) is 0 Å². The van der Waals surface area contributed by atoms with Crippen LogP contribution in [0, 0.1) is 0 Å². The van der Waals surface area contributed by atoms with E-state index in [0.29, 0.717) is 0 Å². The summed E-state index contributed by atoms with van der Waals surface area (Å²) in [4.78, 5) is 11.3. The van der Waals surface area contributed by atoms with Gasteiger partial charge in [0.25, 0.3) is 0 Å². The van der Waals surface area contributed by atoms with Gasteiger partial charge in [0, 0.05) is 0 Å². The van der Waals surface area contributed by atoms with Crippen LogP contribution in [-0.4, -0.2) is 20.3 Å². The molecule has 1 nitrogen and oxygen atoms in total. The molecular formula is C10H7BrOSe. The van der Waals surface area contributed by atoms with Crippen LogP contribution in [0.15, 0.2) is 28.7 Å². The molecule has 0 fully saturated rings. The molecule has 13 heavy (non-hydrogen) atoms. The Kier molecular flexibility index (Phi) is 2.41. The Labute approximate surface area is 90.6 Å². The molecule has 0 saturated carbocycles. The molecule has 66 valence electrons. The average molecular weight is 302 g/mol. The molecule has 0 spiro atoms. The maximum absolute atomic E-state index is 11.3. The van der Waals surface area contributed by atoms with Gasteiger partial charge in [-0.2, -0.15) is 0 Å².